The summed E-state index contributed by atoms with van der Waals surface area (Å²) in [6.07, 6.45) is -1.00. The lowest BCUT2D eigenvalue weighted by molar-refractivity contribution is -0.144. The molecule has 0 saturated heterocycles. The number of alkyl halides is 3. The minimum Gasteiger partial charge on any atom is -0.324 e. The number of aromatic nitrogens is 6. The van der Waals surface area contributed by atoms with E-state index >= 15 is 0 Å². The van der Waals surface area contributed by atoms with Gasteiger partial charge in [-0.1, -0.05) is 19.9 Å². The van der Waals surface area contributed by atoms with Crippen LogP contribution in [0.15, 0.2) is 41.5 Å². The fourth-order valence-electron chi connectivity index (χ4n) is 5.05. The standard InChI is InChI=1S/C26H24F3N9O/c1-24(2)13-31-10-15-9-16(3-4-18(15)24)34-23-33-11-17-20(36-23)38(37(21(17)39)14-26(27,28)29)19-5-8-32-22(35-19)25(12-30)6-7-25/h3-5,8-9,11,31H,6-7,10,13-14H2,1-2H3,(H,33,34,36). The van der Waals surface area contributed by atoms with Gasteiger partial charge in [0.2, 0.25) is 5.95 Å². The first kappa shape index (κ1) is 25.0. The third kappa shape index (κ3) is 4.40. The number of nitriles is 1. The molecule has 3 aromatic heterocycles. The van der Waals surface area contributed by atoms with Gasteiger partial charge in [-0.2, -0.15) is 23.4 Å². The summed E-state index contributed by atoms with van der Waals surface area (Å²) in [6, 6.07) is 9.48. The van der Waals surface area contributed by atoms with Crippen LogP contribution in [0.3, 0.4) is 0 Å². The maximum Gasteiger partial charge on any atom is 0.408 e. The van der Waals surface area contributed by atoms with E-state index in [9.17, 15) is 23.2 Å². The number of fused-ring (bicyclic) bond motifs is 2. The largest absolute Gasteiger partial charge is 0.408 e. The summed E-state index contributed by atoms with van der Waals surface area (Å²) in [5, 5.41) is 16.0. The van der Waals surface area contributed by atoms with Crippen molar-refractivity contribution in [1.29, 1.82) is 5.26 Å². The van der Waals surface area contributed by atoms with E-state index in [0.717, 1.165) is 16.8 Å². The third-order valence-corrected chi connectivity index (χ3v) is 7.23. The number of rotatable bonds is 5. The van der Waals surface area contributed by atoms with Crippen LogP contribution in [0.4, 0.5) is 24.8 Å². The van der Waals surface area contributed by atoms with E-state index in [0.29, 0.717) is 29.8 Å². The zero-order valence-corrected chi connectivity index (χ0v) is 21.2. The number of hydrogen-bond donors (Lipinski definition) is 2. The lowest BCUT2D eigenvalue weighted by Crippen LogP contribution is -2.38. The second-order valence-corrected chi connectivity index (χ2v) is 10.6. The summed E-state index contributed by atoms with van der Waals surface area (Å²) >= 11 is 0. The zero-order chi connectivity index (χ0) is 27.6. The molecule has 0 atom stereocenters. The van der Waals surface area contributed by atoms with Crippen LogP contribution in [0.1, 0.15) is 43.6 Å². The maximum atomic E-state index is 13.5. The molecule has 1 aliphatic carbocycles. The van der Waals surface area contributed by atoms with E-state index in [-0.39, 0.29) is 34.0 Å². The van der Waals surface area contributed by atoms with Crippen molar-refractivity contribution in [3.05, 3.63) is 64.0 Å². The van der Waals surface area contributed by atoms with Gasteiger partial charge in [-0.15, -0.1) is 0 Å². The van der Waals surface area contributed by atoms with Crippen LogP contribution in [0.25, 0.3) is 16.9 Å². The molecule has 2 N–H and O–H groups in total. The van der Waals surface area contributed by atoms with Crippen LogP contribution in [-0.2, 0) is 23.9 Å². The van der Waals surface area contributed by atoms with Crippen LogP contribution in [0.5, 0.6) is 0 Å². The molecule has 13 heteroatoms. The van der Waals surface area contributed by atoms with E-state index in [4.69, 9.17) is 0 Å². The highest BCUT2D eigenvalue weighted by atomic mass is 19.4. The molecule has 200 valence electrons. The van der Waals surface area contributed by atoms with Crippen LogP contribution >= 0.6 is 0 Å². The highest BCUT2D eigenvalue weighted by Crippen LogP contribution is 2.45. The molecule has 1 fully saturated rings. The number of hydrogen-bond acceptors (Lipinski definition) is 8. The first-order valence-electron chi connectivity index (χ1n) is 12.4. The number of benzene rings is 1. The van der Waals surface area contributed by atoms with E-state index < -0.39 is 23.7 Å². The summed E-state index contributed by atoms with van der Waals surface area (Å²) in [7, 11) is 0. The molecule has 0 radical (unpaired) electrons. The highest BCUT2D eigenvalue weighted by Gasteiger charge is 2.48. The molecular weight excluding hydrogens is 511 g/mol. The highest BCUT2D eigenvalue weighted by molar-refractivity contribution is 5.77. The Kier molecular flexibility index (Phi) is 5.51. The Hall–Kier alpha value is -4.31. The fourth-order valence-corrected chi connectivity index (χ4v) is 5.05. The normalized spacial score (nSPS) is 17.4. The van der Waals surface area contributed by atoms with Crippen LogP contribution in [0, 0.1) is 11.3 Å². The predicted octanol–water partition coefficient (Wildman–Crippen LogP) is 3.61. The van der Waals surface area contributed by atoms with E-state index in [1.165, 1.54) is 24.0 Å². The monoisotopic (exact) mass is 535 g/mol. The van der Waals surface area contributed by atoms with E-state index in [1.54, 1.807) is 0 Å². The smallest absolute Gasteiger partial charge is 0.324 e. The quantitative estimate of drug-likeness (QED) is 0.397. The van der Waals surface area contributed by atoms with E-state index in [1.807, 2.05) is 18.2 Å². The van der Waals surface area contributed by atoms with Gasteiger partial charge < -0.3 is 10.6 Å². The Morgan fingerprint density at radius 2 is 1.97 bits per heavy atom. The average molecular weight is 536 g/mol. The van der Waals surface area contributed by atoms with Gasteiger partial charge in [0, 0.05) is 42.7 Å². The molecule has 39 heavy (non-hydrogen) atoms. The van der Waals surface area contributed by atoms with Gasteiger partial charge in [-0.05, 0) is 36.1 Å². The Labute approximate surface area is 220 Å². The Bertz CT molecular complexity index is 1710. The summed E-state index contributed by atoms with van der Waals surface area (Å²) in [5.41, 5.74) is 1.19. The maximum absolute atomic E-state index is 13.5. The second-order valence-electron chi connectivity index (χ2n) is 10.6. The van der Waals surface area contributed by atoms with Crippen molar-refractivity contribution in [3.8, 4) is 11.9 Å². The van der Waals surface area contributed by atoms with Gasteiger partial charge in [-0.3, -0.25) is 4.79 Å². The molecule has 4 aromatic rings. The number of nitrogens with zero attached hydrogens (tertiary/aromatic N) is 7. The lowest BCUT2D eigenvalue weighted by atomic mass is 9.79. The summed E-state index contributed by atoms with van der Waals surface area (Å²) in [4.78, 5) is 30.3. The summed E-state index contributed by atoms with van der Waals surface area (Å²) < 4.78 is 42.2. The van der Waals surface area contributed by atoms with Gasteiger partial charge in [0.05, 0.1) is 6.07 Å². The topological polar surface area (TPSA) is 126 Å². The van der Waals surface area contributed by atoms with Crippen molar-refractivity contribution >= 4 is 22.7 Å². The molecule has 0 unspecified atom stereocenters. The first-order valence-corrected chi connectivity index (χ1v) is 12.4. The van der Waals surface area contributed by atoms with Crippen LogP contribution in [-0.4, -0.2) is 42.0 Å². The van der Waals surface area contributed by atoms with Gasteiger partial charge in [-0.25, -0.2) is 24.3 Å². The minimum atomic E-state index is -4.68. The Morgan fingerprint density at radius 1 is 1.18 bits per heavy atom. The molecule has 6 rings (SSSR count). The van der Waals surface area contributed by atoms with Crippen LogP contribution < -0.4 is 16.2 Å². The SMILES string of the molecule is CC1(C)CNCc2cc(Nc3ncc4c(=O)n(CC(F)(F)F)n(-c5ccnc(C6(C#N)CC6)n5)c4n3)ccc21. The predicted molar refractivity (Wildman–Crippen MR) is 136 cm³/mol. The summed E-state index contributed by atoms with van der Waals surface area (Å²) in [6.45, 7) is 4.33. The summed E-state index contributed by atoms with van der Waals surface area (Å²) in [5.74, 6) is 0.311. The van der Waals surface area contributed by atoms with E-state index in [2.05, 4.69) is 50.5 Å². The van der Waals surface area contributed by atoms with Gasteiger partial charge in [0.15, 0.2) is 17.3 Å². The molecule has 0 amide bonds. The fraction of sp³-hybridized carbons (Fsp3) is 0.385. The van der Waals surface area contributed by atoms with Crippen molar-refractivity contribution in [1.82, 2.24) is 34.6 Å². The molecule has 1 aliphatic heterocycles. The molecule has 0 spiro atoms. The zero-order valence-electron chi connectivity index (χ0n) is 21.2. The molecule has 0 bridgehead atoms. The molecule has 4 heterocycles. The van der Waals surface area contributed by atoms with Crippen molar-refractivity contribution < 1.29 is 13.2 Å². The molecule has 1 saturated carbocycles. The minimum absolute atomic E-state index is 0.00427. The number of nitrogens with one attached hydrogen (secondary N) is 2. The van der Waals surface area contributed by atoms with Gasteiger partial charge in [0.25, 0.3) is 5.56 Å². The van der Waals surface area contributed by atoms with Gasteiger partial charge >= 0.3 is 6.18 Å². The van der Waals surface area contributed by atoms with Crippen molar-refractivity contribution in [2.45, 2.75) is 56.8 Å². The average Bonchev–Trinajstić information content (AvgIpc) is 3.64. The lowest BCUT2D eigenvalue weighted by Gasteiger charge is -2.33. The molecule has 2 aliphatic rings. The molecule has 10 nitrogen and oxygen atoms in total. The molecular formula is C26H24F3N9O. The van der Waals surface area contributed by atoms with Crippen molar-refractivity contribution in [3.63, 3.8) is 0 Å². The Morgan fingerprint density at radius 3 is 2.69 bits per heavy atom. The third-order valence-electron chi connectivity index (χ3n) is 7.23. The van der Waals surface area contributed by atoms with Crippen LogP contribution in [0.2, 0.25) is 0 Å². The number of halogens is 3. The number of anilines is 2. The van der Waals surface area contributed by atoms with Crippen molar-refractivity contribution in [2.24, 2.45) is 0 Å². The van der Waals surface area contributed by atoms with Crippen molar-refractivity contribution in [2.75, 3.05) is 11.9 Å². The first-order chi connectivity index (χ1) is 18.5. The Balaban J connectivity index is 1.46. The molecule has 1 aromatic carbocycles. The van der Waals surface area contributed by atoms with Gasteiger partial charge in [0.1, 0.15) is 17.3 Å². The second kappa shape index (κ2) is 8.60.